The Labute approximate surface area is 132 Å². The lowest BCUT2D eigenvalue weighted by Crippen LogP contribution is -2.12. The number of carbonyl (C=O) groups excluding carboxylic acids is 1. The molecule has 0 atom stereocenters. The van der Waals surface area contributed by atoms with Crippen molar-refractivity contribution in [2.24, 2.45) is 7.05 Å². The fourth-order valence-electron chi connectivity index (χ4n) is 2.25. The second-order valence-corrected chi connectivity index (χ2v) is 5.28. The second kappa shape index (κ2) is 6.04. The lowest BCUT2D eigenvalue weighted by molar-refractivity contribution is 0.102. The molecule has 23 heavy (non-hydrogen) atoms. The number of carbonyl (C=O) groups is 1. The van der Waals surface area contributed by atoms with Crippen LogP contribution in [0.15, 0.2) is 42.7 Å². The van der Waals surface area contributed by atoms with E-state index in [9.17, 15) is 9.18 Å². The third-order valence-corrected chi connectivity index (χ3v) is 3.47. The van der Waals surface area contributed by atoms with Crippen LogP contribution in [-0.4, -0.2) is 25.5 Å². The largest absolute Gasteiger partial charge is 0.305 e. The SMILES string of the molecule is Cc1cc(NC(=O)c2cnn(C)c2)nn1Cc1ccccc1F. The molecular formula is C16H16FN5O. The molecule has 1 amide bonds. The van der Waals surface area contributed by atoms with Gasteiger partial charge in [-0.1, -0.05) is 18.2 Å². The fraction of sp³-hybridized carbons (Fsp3) is 0.188. The minimum atomic E-state index is -0.284. The van der Waals surface area contributed by atoms with Crippen LogP contribution < -0.4 is 5.32 Å². The number of nitrogens with zero attached hydrogens (tertiary/aromatic N) is 4. The van der Waals surface area contributed by atoms with Crippen LogP contribution in [0.2, 0.25) is 0 Å². The molecule has 0 spiro atoms. The minimum absolute atomic E-state index is 0.275. The number of rotatable bonds is 4. The van der Waals surface area contributed by atoms with Crippen molar-refractivity contribution in [2.45, 2.75) is 13.5 Å². The van der Waals surface area contributed by atoms with E-state index in [4.69, 9.17) is 0 Å². The summed E-state index contributed by atoms with van der Waals surface area (Å²) in [5.41, 5.74) is 1.83. The maximum absolute atomic E-state index is 13.7. The Balaban J connectivity index is 1.76. The van der Waals surface area contributed by atoms with Gasteiger partial charge < -0.3 is 5.32 Å². The summed E-state index contributed by atoms with van der Waals surface area (Å²) >= 11 is 0. The Bertz CT molecular complexity index is 852. The zero-order valence-electron chi connectivity index (χ0n) is 12.8. The Morgan fingerprint density at radius 2 is 2.13 bits per heavy atom. The van der Waals surface area contributed by atoms with E-state index < -0.39 is 0 Å². The van der Waals surface area contributed by atoms with Crippen molar-refractivity contribution in [1.29, 1.82) is 0 Å². The van der Waals surface area contributed by atoms with Gasteiger partial charge in [-0.05, 0) is 13.0 Å². The Morgan fingerprint density at radius 1 is 1.35 bits per heavy atom. The first-order valence-corrected chi connectivity index (χ1v) is 7.11. The zero-order valence-corrected chi connectivity index (χ0v) is 12.8. The van der Waals surface area contributed by atoms with Crippen molar-refractivity contribution in [1.82, 2.24) is 19.6 Å². The number of nitrogens with one attached hydrogen (secondary N) is 1. The Hall–Kier alpha value is -2.96. The summed E-state index contributed by atoms with van der Waals surface area (Å²) in [6.07, 6.45) is 3.11. The number of halogens is 1. The van der Waals surface area contributed by atoms with Gasteiger partial charge in [0.2, 0.25) is 0 Å². The average Bonchev–Trinajstić information content (AvgIpc) is 3.08. The van der Waals surface area contributed by atoms with Crippen molar-refractivity contribution < 1.29 is 9.18 Å². The van der Waals surface area contributed by atoms with Crippen molar-refractivity contribution in [3.63, 3.8) is 0 Å². The van der Waals surface area contributed by atoms with Crippen molar-refractivity contribution >= 4 is 11.7 Å². The van der Waals surface area contributed by atoms with Gasteiger partial charge in [-0.15, -0.1) is 0 Å². The highest BCUT2D eigenvalue weighted by atomic mass is 19.1. The molecule has 6 nitrogen and oxygen atoms in total. The number of anilines is 1. The topological polar surface area (TPSA) is 64.7 Å². The van der Waals surface area contributed by atoms with Crippen LogP contribution in [0, 0.1) is 12.7 Å². The molecule has 7 heteroatoms. The minimum Gasteiger partial charge on any atom is -0.305 e. The predicted molar refractivity (Wildman–Crippen MR) is 83.6 cm³/mol. The van der Waals surface area contributed by atoms with Crippen molar-refractivity contribution in [2.75, 3.05) is 5.32 Å². The summed E-state index contributed by atoms with van der Waals surface area (Å²) in [6, 6.07) is 8.30. The van der Waals surface area contributed by atoms with Gasteiger partial charge in [-0.25, -0.2) is 4.39 Å². The summed E-state index contributed by atoms with van der Waals surface area (Å²) in [5, 5.41) is 11.0. The standard InChI is InChI=1S/C16H16FN5O/c1-11-7-15(19-16(23)13-8-18-21(2)9-13)20-22(11)10-12-5-3-4-6-14(12)17/h3-9H,10H2,1-2H3,(H,19,20,23). The van der Waals surface area contributed by atoms with Crippen molar-refractivity contribution in [3.05, 3.63) is 65.4 Å². The van der Waals surface area contributed by atoms with Crippen LogP contribution in [0.3, 0.4) is 0 Å². The molecule has 2 aromatic heterocycles. The van der Waals surface area contributed by atoms with Gasteiger partial charge in [0.1, 0.15) is 5.82 Å². The quantitative estimate of drug-likeness (QED) is 0.804. The monoisotopic (exact) mass is 313 g/mol. The summed E-state index contributed by atoms with van der Waals surface area (Å²) in [7, 11) is 1.74. The molecule has 0 saturated carbocycles. The van der Waals surface area contributed by atoms with Gasteiger partial charge in [0.05, 0.1) is 18.3 Å². The van der Waals surface area contributed by atoms with Crippen LogP contribution in [0.4, 0.5) is 10.2 Å². The lowest BCUT2D eigenvalue weighted by atomic mass is 10.2. The first-order chi connectivity index (χ1) is 11.0. The van der Waals surface area contributed by atoms with E-state index in [-0.39, 0.29) is 11.7 Å². The van der Waals surface area contributed by atoms with Gasteiger partial charge in [0, 0.05) is 30.6 Å². The molecular weight excluding hydrogens is 297 g/mol. The van der Waals surface area contributed by atoms with Crippen LogP contribution in [0.5, 0.6) is 0 Å². The third-order valence-electron chi connectivity index (χ3n) is 3.47. The first-order valence-electron chi connectivity index (χ1n) is 7.11. The van der Waals surface area contributed by atoms with E-state index in [0.717, 1.165) is 5.69 Å². The van der Waals surface area contributed by atoms with E-state index in [1.165, 1.54) is 12.3 Å². The molecule has 0 unspecified atom stereocenters. The van der Waals surface area contributed by atoms with E-state index in [1.54, 1.807) is 46.9 Å². The summed E-state index contributed by atoms with van der Waals surface area (Å²) in [5.74, 6) is -0.135. The third kappa shape index (κ3) is 3.28. The normalized spacial score (nSPS) is 10.7. The molecule has 2 heterocycles. The van der Waals surface area contributed by atoms with Crippen LogP contribution in [0.1, 0.15) is 21.6 Å². The molecule has 3 aromatic rings. The molecule has 3 rings (SSSR count). The van der Waals surface area contributed by atoms with Gasteiger partial charge in [0.25, 0.3) is 5.91 Å². The number of amides is 1. The molecule has 0 bridgehead atoms. The Kier molecular flexibility index (Phi) is 3.92. The van der Waals surface area contributed by atoms with Crippen LogP contribution >= 0.6 is 0 Å². The molecule has 1 N–H and O–H groups in total. The average molecular weight is 313 g/mol. The molecule has 0 aliphatic rings. The number of hydrogen-bond donors (Lipinski definition) is 1. The fourth-order valence-corrected chi connectivity index (χ4v) is 2.25. The summed E-state index contributed by atoms with van der Waals surface area (Å²) in [4.78, 5) is 12.1. The second-order valence-electron chi connectivity index (χ2n) is 5.28. The molecule has 0 aliphatic carbocycles. The van der Waals surface area contributed by atoms with Gasteiger partial charge >= 0.3 is 0 Å². The highest BCUT2D eigenvalue weighted by molar-refractivity contribution is 6.03. The van der Waals surface area contributed by atoms with E-state index in [1.807, 2.05) is 6.92 Å². The number of aryl methyl sites for hydroxylation is 2. The highest BCUT2D eigenvalue weighted by Gasteiger charge is 2.12. The maximum atomic E-state index is 13.7. The molecule has 118 valence electrons. The summed E-state index contributed by atoms with van der Waals surface area (Å²) < 4.78 is 16.9. The smallest absolute Gasteiger partial charge is 0.260 e. The van der Waals surface area contributed by atoms with Crippen LogP contribution in [-0.2, 0) is 13.6 Å². The molecule has 0 saturated heterocycles. The van der Waals surface area contributed by atoms with Crippen molar-refractivity contribution in [3.8, 4) is 0 Å². The van der Waals surface area contributed by atoms with Gasteiger partial charge in [-0.3, -0.25) is 14.2 Å². The lowest BCUT2D eigenvalue weighted by Gasteiger charge is -2.05. The number of hydrogen-bond acceptors (Lipinski definition) is 3. The zero-order chi connectivity index (χ0) is 16.4. The van der Waals surface area contributed by atoms with Gasteiger partial charge in [-0.2, -0.15) is 10.2 Å². The molecule has 0 radical (unpaired) electrons. The van der Waals surface area contributed by atoms with E-state index in [2.05, 4.69) is 15.5 Å². The predicted octanol–water partition coefficient (Wildman–Crippen LogP) is 2.36. The van der Waals surface area contributed by atoms with E-state index >= 15 is 0 Å². The molecule has 1 aromatic carbocycles. The maximum Gasteiger partial charge on any atom is 0.260 e. The number of benzene rings is 1. The summed E-state index contributed by atoms with van der Waals surface area (Å²) in [6.45, 7) is 2.16. The highest BCUT2D eigenvalue weighted by Crippen LogP contribution is 2.14. The molecule has 0 fully saturated rings. The van der Waals surface area contributed by atoms with E-state index in [0.29, 0.717) is 23.5 Å². The number of aromatic nitrogens is 4. The Morgan fingerprint density at radius 3 is 2.83 bits per heavy atom. The van der Waals surface area contributed by atoms with Gasteiger partial charge in [0.15, 0.2) is 5.82 Å². The molecule has 0 aliphatic heterocycles. The van der Waals surface area contributed by atoms with Crippen LogP contribution in [0.25, 0.3) is 0 Å². The first kappa shape index (κ1) is 15.0.